The van der Waals surface area contributed by atoms with Gasteiger partial charge in [0.05, 0.1) is 5.69 Å². The van der Waals surface area contributed by atoms with E-state index in [1.54, 1.807) is 0 Å². The van der Waals surface area contributed by atoms with Crippen molar-refractivity contribution in [3.8, 4) is 5.69 Å². The summed E-state index contributed by atoms with van der Waals surface area (Å²) in [5.74, 6) is -0.0182. The number of fused-ring (bicyclic) bond motifs is 1. The van der Waals surface area contributed by atoms with Crippen molar-refractivity contribution in [2.24, 2.45) is 0 Å². The summed E-state index contributed by atoms with van der Waals surface area (Å²) in [7, 11) is 0. The molecule has 0 radical (unpaired) electrons. The van der Waals surface area contributed by atoms with E-state index < -0.39 is 0 Å². The molecule has 132 valence electrons. The van der Waals surface area contributed by atoms with Crippen molar-refractivity contribution in [3.05, 3.63) is 46.3 Å². The maximum Gasteiger partial charge on any atom is 0.272 e. The SMILES string of the molecule is Cc1ccc(-n2nc(C(=O)NC3CCCNC3)c3c2CCC3)c(C)c1. The fourth-order valence-electron chi connectivity index (χ4n) is 4.09. The van der Waals surface area contributed by atoms with Crippen LogP contribution >= 0.6 is 0 Å². The molecule has 1 aliphatic heterocycles. The molecule has 5 nitrogen and oxygen atoms in total. The monoisotopic (exact) mass is 338 g/mol. The number of aryl methyl sites for hydroxylation is 2. The molecule has 5 heteroatoms. The number of benzene rings is 1. The molecule has 1 fully saturated rings. The quantitative estimate of drug-likeness (QED) is 0.904. The molecule has 2 aliphatic rings. The highest BCUT2D eigenvalue weighted by atomic mass is 16.2. The van der Waals surface area contributed by atoms with Gasteiger partial charge in [0.15, 0.2) is 5.69 Å². The van der Waals surface area contributed by atoms with E-state index in [0.29, 0.717) is 5.69 Å². The van der Waals surface area contributed by atoms with Crippen LogP contribution in [0, 0.1) is 13.8 Å². The number of hydrogen-bond donors (Lipinski definition) is 2. The summed E-state index contributed by atoms with van der Waals surface area (Å²) >= 11 is 0. The van der Waals surface area contributed by atoms with E-state index in [9.17, 15) is 4.79 Å². The standard InChI is InChI=1S/C20H26N4O/c1-13-8-9-17(14(2)11-13)24-18-7-3-6-16(18)19(23-24)20(25)22-15-5-4-10-21-12-15/h8-9,11,15,21H,3-7,10,12H2,1-2H3,(H,22,25). The molecule has 0 spiro atoms. The minimum absolute atomic E-state index is 0.0182. The van der Waals surface area contributed by atoms with Crippen LogP contribution in [0.5, 0.6) is 0 Å². The number of amides is 1. The Balaban J connectivity index is 1.66. The molecule has 25 heavy (non-hydrogen) atoms. The van der Waals surface area contributed by atoms with Gasteiger partial charge in [-0.3, -0.25) is 4.79 Å². The summed E-state index contributed by atoms with van der Waals surface area (Å²) in [6.45, 7) is 6.11. The fraction of sp³-hybridized carbons (Fsp3) is 0.500. The van der Waals surface area contributed by atoms with Crippen LogP contribution in [-0.4, -0.2) is 34.8 Å². The van der Waals surface area contributed by atoms with Crippen LogP contribution in [0.25, 0.3) is 5.69 Å². The van der Waals surface area contributed by atoms with Gasteiger partial charge in [-0.1, -0.05) is 17.7 Å². The average molecular weight is 338 g/mol. The first-order valence-corrected chi connectivity index (χ1v) is 9.33. The largest absolute Gasteiger partial charge is 0.347 e. The number of carbonyl (C=O) groups excluding carboxylic acids is 1. The van der Waals surface area contributed by atoms with Crippen molar-refractivity contribution in [1.82, 2.24) is 20.4 Å². The van der Waals surface area contributed by atoms with Gasteiger partial charge in [-0.05, 0) is 64.1 Å². The summed E-state index contributed by atoms with van der Waals surface area (Å²) in [4.78, 5) is 12.8. The Labute approximate surface area is 148 Å². The van der Waals surface area contributed by atoms with Crippen LogP contribution in [0.15, 0.2) is 18.2 Å². The summed E-state index contributed by atoms with van der Waals surface area (Å²) in [6.07, 6.45) is 5.20. The molecule has 1 amide bonds. The van der Waals surface area contributed by atoms with Crippen molar-refractivity contribution in [1.29, 1.82) is 0 Å². The van der Waals surface area contributed by atoms with Crippen molar-refractivity contribution in [2.45, 2.75) is 52.0 Å². The fourth-order valence-corrected chi connectivity index (χ4v) is 4.09. The summed E-state index contributed by atoms with van der Waals surface area (Å²) in [5, 5.41) is 11.3. The maximum atomic E-state index is 12.8. The highest BCUT2D eigenvalue weighted by Crippen LogP contribution is 2.29. The molecule has 1 atom stereocenters. The number of nitrogens with zero attached hydrogens (tertiary/aromatic N) is 2. The third kappa shape index (κ3) is 3.09. The Bertz CT molecular complexity index is 802. The number of carbonyl (C=O) groups is 1. The first-order valence-electron chi connectivity index (χ1n) is 9.33. The number of hydrogen-bond acceptors (Lipinski definition) is 3. The Hall–Kier alpha value is -2.14. The molecule has 0 saturated carbocycles. The highest BCUT2D eigenvalue weighted by Gasteiger charge is 2.28. The van der Waals surface area contributed by atoms with Gasteiger partial charge in [-0.25, -0.2) is 4.68 Å². The van der Waals surface area contributed by atoms with Gasteiger partial charge in [0.1, 0.15) is 0 Å². The lowest BCUT2D eigenvalue weighted by molar-refractivity contribution is 0.0924. The van der Waals surface area contributed by atoms with Crippen LogP contribution in [0.4, 0.5) is 0 Å². The Morgan fingerprint density at radius 1 is 1.28 bits per heavy atom. The van der Waals surface area contributed by atoms with Crippen LogP contribution in [0.2, 0.25) is 0 Å². The van der Waals surface area contributed by atoms with E-state index in [-0.39, 0.29) is 11.9 Å². The third-order valence-electron chi connectivity index (χ3n) is 5.36. The summed E-state index contributed by atoms with van der Waals surface area (Å²) in [5.41, 5.74) is 6.49. The maximum absolute atomic E-state index is 12.8. The van der Waals surface area contributed by atoms with Gasteiger partial charge in [0.25, 0.3) is 5.91 Å². The van der Waals surface area contributed by atoms with Gasteiger partial charge in [0.2, 0.25) is 0 Å². The lowest BCUT2D eigenvalue weighted by atomic mass is 10.1. The van der Waals surface area contributed by atoms with Crippen molar-refractivity contribution in [3.63, 3.8) is 0 Å². The first-order chi connectivity index (χ1) is 12.1. The van der Waals surface area contributed by atoms with Crippen LogP contribution < -0.4 is 10.6 Å². The predicted octanol–water partition coefficient (Wildman–Crippen LogP) is 2.46. The van der Waals surface area contributed by atoms with Crippen LogP contribution in [0.1, 0.15) is 52.1 Å². The number of aromatic nitrogens is 2. The Kier molecular flexibility index (Phi) is 4.34. The van der Waals surface area contributed by atoms with Gasteiger partial charge in [-0.15, -0.1) is 0 Å². The van der Waals surface area contributed by atoms with Gasteiger partial charge in [-0.2, -0.15) is 5.10 Å². The molecule has 1 aromatic heterocycles. The van der Waals surface area contributed by atoms with E-state index in [2.05, 4.69) is 42.7 Å². The second-order valence-electron chi connectivity index (χ2n) is 7.35. The van der Waals surface area contributed by atoms with E-state index in [1.165, 1.54) is 16.8 Å². The van der Waals surface area contributed by atoms with Crippen molar-refractivity contribution < 1.29 is 4.79 Å². The molecule has 0 bridgehead atoms. The lowest BCUT2D eigenvalue weighted by Gasteiger charge is -2.23. The molecule has 2 aromatic rings. The highest BCUT2D eigenvalue weighted by molar-refractivity contribution is 5.94. The normalized spacial score (nSPS) is 19.7. The molecule has 2 N–H and O–H groups in total. The van der Waals surface area contributed by atoms with E-state index in [4.69, 9.17) is 5.10 Å². The molecule has 2 heterocycles. The smallest absolute Gasteiger partial charge is 0.272 e. The van der Waals surface area contributed by atoms with Crippen molar-refractivity contribution >= 4 is 5.91 Å². The van der Waals surface area contributed by atoms with Crippen LogP contribution in [-0.2, 0) is 12.8 Å². The molecule has 1 unspecified atom stereocenters. The van der Waals surface area contributed by atoms with Crippen molar-refractivity contribution in [2.75, 3.05) is 13.1 Å². The predicted molar refractivity (Wildman–Crippen MR) is 98.4 cm³/mol. The number of nitrogens with one attached hydrogen (secondary N) is 2. The Morgan fingerprint density at radius 2 is 2.16 bits per heavy atom. The van der Waals surface area contributed by atoms with E-state index in [1.807, 2.05) is 4.68 Å². The topological polar surface area (TPSA) is 59.0 Å². The average Bonchev–Trinajstić information content (AvgIpc) is 3.18. The lowest BCUT2D eigenvalue weighted by Crippen LogP contribution is -2.45. The minimum Gasteiger partial charge on any atom is -0.347 e. The third-order valence-corrected chi connectivity index (χ3v) is 5.36. The minimum atomic E-state index is -0.0182. The van der Waals surface area contributed by atoms with Gasteiger partial charge < -0.3 is 10.6 Å². The molecule has 1 aliphatic carbocycles. The first kappa shape index (κ1) is 16.3. The van der Waals surface area contributed by atoms with E-state index in [0.717, 1.165) is 56.4 Å². The second kappa shape index (κ2) is 6.64. The zero-order chi connectivity index (χ0) is 17.4. The molecule has 1 aromatic carbocycles. The molecular weight excluding hydrogens is 312 g/mol. The van der Waals surface area contributed by atoms with E-state index >= 15 is 0 Å². The molecular formula is C20H26N4O. The van der Waals surface area contributed by atoms with Crippen LogP contribution in [0.3, 0.4) is 0 Å². The molecule has 4 rings (SSSR count). The zero-order valence-electron chi connectivity index (χ0n) is 15.1. The second-order valence-corrected chi connectivity index (χ2v) is 7.35. The zero-order valence-corrected chi connectivity index (χ0v) is 15.1. The Morgan fingerprint density at radius 3 is 2.92 bits per heavy atom. The number of rotatable bonds is 3. The van der Waals surface area contributed by atoms with Gasteiger partial charge in [0, 0.05) is 23.8 Å². The summed E-state index contributed by atoms with van der Waals surface area (Å²) < 4.78 is 2.01. The molecule has 1 saturated heterocycles. The number of piperidine rings is 1. The summed E-state index contributed by atoms with van der Waals surface area (Å²) in [6, 6.07) is 6.61. The van der Waals surface area contributed by atoms with Gasteiger partial charge >= 0.3 is 0 Å².